The maximum Gasteiger partial charge on any atom is 0.119 e. The molecule has 0 aromatic heterocycles. The highest BCUT2D eigenvalue weighted by molar-refractivity contribution is 5.47. The molecule has 1 aliphatic rings. The quantitative estimate of drug-likeness (QED) is 0.717. The lowest BCUT2D eigenvalue weighted by Gasteiger charge is -2.19. The maximum atomic E-state index is 5.55. The topological polar surface area (TPSA) is 42.5 Å². The summed E-state index contributed by atoms with van der Waals surface area (Å²) in [6.45, 7) is 4.62. The molecule has 20 heavy (non-hydrogen) atoms. The van der Waals surface area contributed by atoms with Crippen LogP contribution in [0, 0.1) is 0 Å². The van der Waals surface area contributed by atoms with Crippen molar-refractivity contribution in [1.82, 2.24) is 5.32 Å². The second-order valence-corrected chi connectivity index (χ2v) is 5.44. The lowest BCUT2D eigenvalue weighted by atomic mass is 10.1. The van der Waals surface area contributed by atoms with E-state index in [-0.39, 0.29) is 0 Å². The highest BCUT2D eigenvalue weighted by Crippen LogP contribution is 2.18. The summed E-state index contributed by atoms with van der Waals surface area (Å²) in [6, 6.07) is 9.29. The van der Waals surface area contributed by atoms with Crippen LogP contribution in [0.25, 0.3) is 0 Å². The third-order valence-electron chi connectivity index (χ3n) is 3.62. The van der Waals surface area contributed by atoms with Gasteiger partial charge in [-0.15, -0.1) is 0 Å². The average molecular weight is 278 g/mol. The van der Waals surface area contributed by atoms with Crippen molar-refractivity contribution in [2.75, 3.05) is 32.2 Å². The molecule has 1 fully saturated rings. The van der Waals surface area contributed by atoms with Crippen molar-refractivity contribution in [3.05, 3.63) is 24.3 Å². The van der Waals surface area contributed by atoms with Gasteiger partial charge in [-0.3, -0.25) is 0 Å². The molecule has 1 aromatic carbocycles. The summed E-state index contributed by atoms with van der Waals surface area (Å²) in [6.07, 6.45) is 3.79. The van der Waals surface area contributed by atoms with Gasteiger partial charge in [0.15, 0.2) is 0 Å². The fraction of sp³-hybridized carbons (Fsp3) is 0.625. The number of nitrogens with one attached hydrogen (secondary N) is 2. The highest BCUT2D eigenvalue weighted by Gasteiger charge is 2.16. The maximum absolute atomic E-state index is 5.55. The molecule has 2 rings (SSSR count). The number of rotatable bonds is 8. The van der Waals surface area contributed by atoms with Crippen LogP contribution in [0.5, 0.6) is 5.75 Å². The molecular weight excluding hydrogens is 252 g/mol. The zero-order valence-electron chi connectivity index (χ0n) is 12.5. The first kappa shape index (κ1) is 15.1. The van der Waals surface area contributed by atoms with Crippen molar-refractivity contribution in [2.24, 2.45) is 0 Å². The van der Waals surface area contributed by atoms with Crippen LogP contribution in [0.4, 0.5) is 5.69 Å². The number of hydrogen-bond donors (Lipinski definition) is 2. The van der Waals surface area contributed by atoms with E-state index in [2.05, 4.69) is 29.7 Å². The summed E-state index contributed by atoms with van der Waals surface area (Å²) in [5, 5.41) is 7.08. The molecule has 4 nitrogen and oxygen atoms in total. The monoisotopic (exact) mass is 278 g/mol. The zero-order valence-corrected chi connectivity index (χ0v) is 12.5. The predicted molar refractivity (Wildman–Crippen MR) is 82.5 cm³/mol. The summed E-state index contributed by atoms with van der Waals surface area (Å²) >= 11 is 0. The molecule has 4 heteroatoms. The van der Waals surface area contributed by atoms with Crippen LogP contribution in [0.15, 0.2) is 24.3 Å². The Bertz CT molecular complexity index is 375. The molecule has 1 saturated heterocycles. The van der Waals surface area contributed by atoms with Crippen molar-refractivity contribution in [3.63, 3.8) is 0 Å². The number of methoxy groups -OCH3 is 1. The normalized spacial score (nSPS) is 19.8. The summed E-state index contributed by atoms with van der Waals surface area (Å²) in [5.41, 5.74) is 1.15. The standard InChI is InChI=1S/C16H26N2O2/c1-13(12-15-4-3-9-17-15)18-14-5-7-16(8-6-14)20-11-10-19-2/h5-8,13,15,17-18H,3-4,9-12H2,1-2H3. The molecular formula is C16H26N2O2. The lowest BCUT2D eigenvalue weighted by molar-refractivity contribution is 0.146. The Morgan fingerprint density at radius 1 is 1.30 bits per heavy atom. The molecule has 112 valence electrons. The van der Waals surface area contributed by atoms with E-state index in [0.29, 0.717) is 25.3 Å². The van der Waals surface area contributed by atoms with Gasteiger partial charge in [0.25, 0.3) is 0 Å². The Kier molecular flexibility index (Phi) is 6.15. The second kappa shape index (κ2) is 8.12. The number of ether oxygens (including phenoxy) is 2. The number of benzene rings is 1. The summed E-state index contributed by atoms with van der Waals surface area (Å²) in [4.78, 5) is 0. The first-order valence-electron chi connectivity index (χ1n) is 7.49. The molecule has 2 N–H and O–H groups in total. The predicted octanol–water partition coefficient (Wildman–Crippen LogP) is 2.65. The molecule has 0 spiro atoms. The molecule has 1 aliphatic heterocycles. The second-order valence-electron chi connectivity index (χ2n) is 5.44. The fourth-order valence-corrected chi connectivity index (χ4v) is 2.62. The van der Waals surface area contributed by atoms with Crippen LogP contribution < -0.4 is 15.4 Å². The van der Waals surface area contributed by atoms with Crippen molar-refractivity contribution in [2.45, 2.75) is 38.3 Å². The average Bonchev–Trinajstić information content (AvgIpc) is 2.94. The summed E-state index contributed by atoms with van der Waals surface area (Å²) < 4.78 is 10.5. The van der Waals surface area contributed by atoms with Gasteiger partial charge >= 0.3 is 0 Å². The van der Waals surface area contributed by atoms with Crippen molar-refractivity contribution < 1.29 is 9.47 Å². The Labute approximate surface area is 121 Å². The first-order valence-corrected chi connectivity index (χ1v) is 7.49. The van der Waals surface area contributed by atoms with E-state index in [4.69, 9.17) is 9.47 Å². The minimum atomic E-state index is 0.478. The van der Waals surface area contributed by atoms with Crippen LogP contribution in [-0.2, 0) is 4.74 Å². The molecule has 0 saturated carbocycles. The van der Waals surface area contributed by atoms with E-state index in [9.17, 15) is 0 Å². The zero-order chi connectivity index (χ0) is 14.2. The molecule has 0 amide bonds. The van der Waals surface area contributed by atoms with E-state index in [0.717, 1.165) is 11.4 Å². The highest BCUT2D eigenvalue weighted by atomic mass is 16.5. The van der Waals surface area contributed by atoms with Gasteiger partial charge in [0.05, 0.1) is 6.61 Å². The number of anilines is 1. The molecule has 0 aliphatic carbocycles. The van der Waals surface area contributed by atoms with Gasteiger partial charge in [0.1, 0.15) is 12.4 Å². The molecule has 2 unspecified atom stereocenters. The Morgan fingerprint density at radius 3 is 2.75 bits per heavy atom. The molecule has 2 atom stereocenters. The third kappa shape index (κ3) is 5.02. The van der Waals surface area contributed by atoms with E-state index in [1.54, 1.807) is 7.11 Å². The molecule has 1 aromatic rings. The van der Waals surface area contributed by atoms with E-state index < -0.39 is 0 Å². The fourth-order valence-electron chi connectivity index (χ4n) is 2.62. The minimum Gasteiger partial charge on any atom is -0.491 e. The van der Waals surface area contributed by atoms with Gasteiger partial charge < -0.3 is 20.1 Å². The lowest BCUT2D eigenvalue weighted by Crippen LogP contribution is -2.29. The SMILES string of the molecule is COCCOc1ccc(NC(C)CC2CCCN2)cc1. The van der Waals surface area contributed by atoms with Gasteiger partial charge in [-0.2, -0.15) is 0 Å². The molecule has 1 heterocycles. The van der Waals surface area contributed by atoms with E-state index in [1.165, 1.54) is 25.8 Å². The smallest absolute Gasteiger partial charge is 0.119 e. The molecule has 0 bridgehead atoms. The largest absolute Gasteiger partial charge is 0.491 e. The Hall–Kier alpha value is -1.26. The van der Waals surface area contributed by atoms with Gasteiger partial charge in [-0.1, -0.05) is 0 Å². The van der Waals surface area contributed by atoms with Crippen molar-refractivity contribution >= 4 is 5.69 Å². The van der Waals surface area contributed by atoms with Gasteiger partial charge in [0, 0.05) is 24.9 Å². The van der Waals surface area contributed by atoms with Crippen LogP contribution in [0.3, 0.4) is 0 Å². The van der Waals surface area contributed by atoms with Crippen LogP contribution >= 0.6 is 0 Å². The summed E-state index contributed by atoms with van der Waals surface area (Å²) in [5.74, 6) is 0.887. The van der Waals surface area contributed by atoms with Crippen LogP contribution in [-0.4, -0.2) is 39.0 Å². The summed E-state index contributed by atoms with van der Waals surface area (Å²) in [7, 11) is 1.68. The van der Waals surface area contributed by atoms with Crippen LogP contribution in [0.2, 0.25) is 0 Å². The van der Waals surface area contributed by atoms with E-state index in [1.807, 2.05) is 12.1 Å². The first-order chi connectivity index (χ1) is 9.78. The number of hydrogen-bond acceptors (Lipinski definition) is 4. The Balaban J connectivity index is 1.74. The Morgan fingerprint density at radius 2 is 2.10 bits per heavy atom. The minimum absolute atomic E-state index is 0.478. The van der Waals surface area contributed by atoms with Crippen LogP contribution in [0.1, 0.15) is 26.2 Å². The van der Waals surface area contributed by atoms with Gasteiger partial charge in [-0.25, -0.2) is 0 Å². The van der Waals surface area contributed by atoms with Crippen molar-refractivity contribution in [3.8, 4) is 5.75 Å². The van der Waals surface area contributed by atoms with E-state index >= 15 is 0 Å². The van der Waals surface area contributed by atoms with Crippen molar-refractivity contribution in [1.29, 1.82) is 0 Å². The molecule has 0 radical (unpaired) electrons. The third-order valence-corrected chi connectivity index (χ3v) is 3.62. The van der Waals surface area contributed by atoms with Gasteiger partial charge in [0.2, 0.25) is 0 Å². The van der Waals surface area contributed by atoms with Gasteiger partial charge in [-0.05, 0) is 57.0 Å².